The first-order chi connectivity index (χ1) is 9.65. The van der Waals surface area contributed by atoms with E-state index in [4.69, 9.17) is 17.3 Å². The molecule has 0 saturated carbocycles. The number of nitrogens with one attached hydrogen (secondary N) is 1. The van der Waals surface area contributed by atoms with Crippen LogP contribution >= 0.6 is 22.9 Å². The number of carbonyl (C=O) groups excluding carboxylic acids is 1. The smallest absolute Gasteiger partial charge is 0.253 e. The van der Waals surface area contributed by atoms with Crippen LogP contribution in [0, 0.1) is 0 Å². The van der Waals surface area contributed by atoms with Gasteiger partial charge in [-0.15, -0.1) is 11.3 Å². The molecule has 3 N–H and O–H groups in total. The molecule has 0 fully saturated rings. The van der Waals surface area contributed by atoms with E-state index in [-0.39, 0.29) is 11.9 Å². The first kappa shape index (κ1) is 13.5. The van der Waals surface area contributed by atoms with Crippen LogP contribution in [-0.4, -0.2) is 5.91 Å². The summed E-state index contributed by atoms with van der Waals surface area (Å²) in [5.74, 6) is -0.158. The van der Waals surface area contributed by atoms with Crippen molar-refractivity contribution in [3.05, 3.63) is 50.7 Å². The second kappa shape index (κ2) is 5.46. The molecule has 104 valence electrons. The number of thiophene rings is 1. The fraction of sp³-hybridized carbons (Fsp3) is 0.267. The number of rotatable bonds is 2. The standard InChI is InChI=1S/C15H15ClN2OS/c16-9-4-5-12(17)11(8-9)15(19)18-13-2-1-3-14-10(13)6-7-20-14/h4-8,13H,1-3,17H2,(H,18,19). The molecule has 0 bridgehead atoms. The van der Waals surface area contributed by atoms with Crippen LogP contribution in [0.25, 0.3) is 0 Å². The number of anilines is 1. The molecule has 3 rings (SSSR count). The van der Waals surface area contributed by atoms with Gasteiger partial charge in [-0.1, -0.05) is 11.6 Å². The minimum Gasteiger partial charge on any atom is -0.398 e. The van der Waals surface area contributed by atoms with Crippen LogP contribution in [0.3, 0.4) is 0 Å². The minimum atomic E-state index is -0.158. The lowest BCUT2D eigenvalue weighted by molar-refractivity contribution is 0.0934. The summed E-state index contributed by atoms with van der Waals surface area (Å²) < 4.78 is 0. The van der Waals surface area contributed by atoms with Crippen LogP contribution in [0.5, 0.6) is 0 Å². The van der Waals surface area contributed by atoms with Crippen LogP contribution in [0.1, 0.15) is 39.7 Å². The summed E-state index contributed by atoms with van der Waals surface area (Å²) in [5, 5.41) is 5.68. The van der Waals surface area contributed by atoms with Crippen molar-refractivity contribution in [2.75, 3.05) is 5.73 Å². The number of nitrogen functional groups attached to an aromatic ring is 1. The highest BCUT2D eigenvalue weighted by atomic mass is 35.5. The molecule has 0 radical (unpaired) electrons. The van der Waals surface area contributed by atoms with Gasteiger partial charge >= 0.3 is 0 Å². The van der Waals surface area contributed by atoms with Gasteiger partial charge in [0, 0.05) is 15.6 Å². The zero-order chi connectivity index (χ0) is 14.1. The Balaban J connectivity index is 1.82. The molecular weight excluding hydrogens is 292 g/mol. The lowest BCUT2D eigenvalue weighted by Crippen LogP contribution is -2.30. The average Bonchev–Trinajstić information content (AvgIpc) is 2.91. The van der Waals surface area contributed by atoms with E-state index in [1.54, 1.807) is 29.5 Å². The number of fused-ring (bicyclic) bond motifs is 1. The molecule has 1 aromatic carbocycles. The lowest BCUT2D eigenvalue weighted by Gasteiger charge is -2.24. The highest BCUT2D eigenvalue weighted by Gasteiger charge is 2.23. The fourth-order valence-electron chi connectivity index (χ4n) is 2.60. The normalized spacial score (nSPS) is 17.6. The summed E-state index contributed by atoms with van der Waals surface area (Å²) in [7, 11) is 0. The molecule has 0 spiro atoms. The van der Waals surface area contributed by atoms with Crippen molar-refractivity contribution in [3.63, 3.8) is 0 Å². The lowest BCUT2D eigenvalue weighted by atomic mass is 9.94. The van der Waals surface area contributed by atoms with Crippen LogP contribution < -0.4 is 11.1 Å². The van der Waals surface area contributed by atoms with Crippen LogP contribution in [0.15, 0.2) is 29.6 Å². The van der Waals surface area contributed by atoms with Crippen LogP contribution in [0.4, 0.5) is 5.69 Å². The van der Waals surface area contributed by atoms with Gasteiger partial charge in [0.05, 0.1) is 11.6 Å². The van der Waals surface area contributed by atoms with Gasteiger partial charge in [0.15, 0.2) is 0 Å². The third kappa shape index (κ3) is 2.53. The van der Waals surface area contributed by atoms with Crippen molar-refractivity contribution >= 4 is 34.5 Å². The molecular formula is C15H15ClN2OS. The Morgan fingerprint density at radius 2 is 2.25 bits per heavy atom. The zero-order valence-corrected chi connectivity index (χ0v) is 12.4. The molecule has 1 atom stereocenters. The maximum Gasteiger partial charge on any atom is 0.253 e. The molecule has 1 amide bonds. The number of amides is 1. The van der Waals surface area contributed by atoms with Gasteiger partial charge in [-0.2, -0.15) is 0 Å². The van der Waals surface area contributed by atoms with E-state index in [1.807, 2.05) is 0 Å². The van der Waals surface area contributed by atoms with Gasteiger partial charge in [-0.25, -0.2) is 0 Å². The van der Waals surface area contributed by atoms with Crippen molar-refractivity contribution in [3.8, 4) is 0 Å². The Morgan fingerprint density at radius 3 is 3.10 bits per heavy atom. The van der Waals surface area contributed by atoms with Gasteiger partial charge in [0.25, 0.3) is 5.91 Å². The van der Waals surface area contributed by atoms with Crippen molar-refractivity contribution in [2.24, 2.45) is 0 Å². The molecule has 1 aromatic heterocycles. The van der Waals surface area contributed by atoms with Crippen molar-refractivity contribution in [1.82, 2.24) is 5.32 Å². The highest BCUT2D eigenvalue weighted by Crippen LogP contribution is 2.33. The topological polar surface area (TPSA) is 55.1 Å². The minimum absolute atomic E-state index is 0.0795. The fourth-order valence-corrected chi connectivity index (χ4v) is 3.76. The number of halogens is 1. The molecule has 3 nitrogen and oxygen atoms in total. The summed E-state index contributed by atoms with van der Waals surface area (Å²) >= 11 is 7.69. The Labute approximate surface area is 126 Å². The first-order valence-electron chi connectivity index (χ1n) is 6.57. The highest BCUT2D eigenvalue weighted by molar-refractivity contribution is 7.10. The van der Waals surface area contributed by atoms with E-state index in [9.17, 15) is 4.79 Å². The van der Waals surface area contributed by atoms with Gasteiger partial charge in [0.1, 0.15) is 0 Å². The summed E-state index contributed by atoms with van der Waals surface area (Å²) in [6.07, 6.45) is 3.18. The summed E-state index contributed by atoms with van der Waals surface area (Å²) in [6.45, 7) is 0. The molecule has 0 saturated heterocycles. The molecule has 2 aromatic rings. The van der Waals surface area contributed by atoms with E-state index in [1.165, 1.54) is 10.4 Å². The predicted molar refractivity (Wildman–Crippen MR) is 83.3 cm³/mol. The Hall–Kier alpha value is -1.52. The summed E-state index contributed by atoms with van der Waals surface area (Å²) in [6, 6.07) is 7.14. The van der Waals surface area contributed by atoms with E-state index in [2.05, 4.69) is 16.8 Å². The SMILES string of the molecule is Nc1ccc(Cl)cc1C(=O)NC1CCCc2sccc21. The van der Waals surface area contributed by atoms with Crippen LogP contribution in [-0.2, 0) is 6.42 Å². The van der Waals surface area contributed by atoms with Gasteiger partial charge in [0.2, 0.25) is 0 Å². The van der Waals surface area contributed by atoms with E-state index in [0.717, 1.165) is 19.3 Å². The second-order valence-corrected chi connectivity index (χ2v) is 6.39. The number of carbonyl (C=O) groups is 1. The molecule has 1 aliphatic carbocycles. The summed E-state index contributed by atoms with van der Waals surface area (Å²) in [5.41, 5.74) is 7.99. The summed E-state index contributed by atoms with van der Waals surface area (Å²) in [4.78, 5) is 13.7. The van der Waals surface area contributed by atoms with Gasteiger partial charge in [-0.3, -0.25) is 4.79 Å². The number of benzene rings is 1. The van der Waals surface area contributed by atoms with Crippen molar-refractivity contribution in [2.45, 2.75) is 25.3 Å². The van der Waals surface area contributed by atoms with Crippen molar-refractivity contribution in [1.29, 1.82) is 0 Å². The molecule has 1 unspecified atom stereocenters. The Bertz CT molecular complexity index is 653. The van der Waals surface area contributed by atoms with Gasteiger partial charge < -0.3 is 11.1 Å². The zero-order valence-electron chi connectivity index (χ0n) is 10.9. The van der Waals surface area contributed by atoms with E-state index < -0.39 is 0 Å². The van der Waals surface area contributed by atoms with E-state index in [0.29, 0.717) is 16.3 Å². The molecule has 1 aliphatic rings. The van der Waals surface area contributed by atoms with Crippen LogP contribution in [0.2, 0.25) is 5.02 Å². The Morgan fingerprint density at radius 1 is 1.40 bits per heavy atom. The predicted octanol–water partition coefficient (Wildman–Crippen LogP) is 3.79. The second-order valence-electron chi connectivity index (χ2n) is 4.95. The number of hydrogen-bond donors (Lipinski definition) is 2. The molecule has 1 heterocycles. The molecule has 5 heteroatoms. The maximum atomic E-state index is 12.4. The van der Waals surface area contributed by atoms with Crippen molar-refractivity contribution < 1.29 is 4.79 Å². The average molecular weight is 307 g/mol. The maximum absolute atomic E-state index is 12.4. The monoisotopic (exact) mass is 306 g/mol. The third-order valence-electron chi connectivity index (χ3n) is 3.62. The number of aryl methyl sites for hydroxylation is 1. The molecule has 20 heavy (non-hydrogen) atoms. The first-order valence-corrected chi connectivity index (χ1v) is 7.83. The number of nitrogens with two attached hydrogens (primary N) is 1. The van der Waals surface area contributed by atoms with Gasteiger partial charge in [-0.05, 0) is 54.5 Å². The van der Waals surface area contributed by atoms with E-state index >= 15 is 0 Å². The quantitative estimate of drug-likeness (QED) is 0.829. The Kier molecular flexibility index (Phi) is 3.68. The molecule has 0 aliphatic heterocycles. The largest absolute Gasteiger partial charge is 0.398 e. The third-order valence-corrected chi connectivity index (χ3v) is 4.85. The number of hydrogen-bond acceptors (Lipinski definition) is 3.